The van der Waals surface area contributed by atoms with E-state index in [1.807, 2.05) is 6.07 Å². The molecule has 0 bridgehead atoms. The lowest BCUT2D eigenvalue weighted by atomic mass is 10.2. The first kappa shape index (κ1) is 10.5. The third kappa shape index (κ3) is 3.60. The van der Waals surface area contributed by atoms with Gasteiger partial charge in [0, 0.05) is 10.9 Å². The minimum Gasteiger partial charge on any atom is -0.314 e. The molecule has 1 nitrogen and oxygen atoms in total. The van der Waals surface area contributed by atoms with Gasteiger partial charge in [0.1, 0.15) is 0 Å². The van der Waals surface area contributed by atoms with Crippen LogP contribution in [0.1, 0.15) is 30.6 Å². The molecule has 0 spiro atoms. The molecule has 3 heteroatoms. The third-order valence-electron chi connectivity index (χ3n) is 2.49. The Labute approximate surface area is 94.5 Å². The van der Waals surface area contributed by atoms with Gasteiger partial charge >= 0.3 is 0 Å². The summed E-state index contributed by atoms with van der Waals surface area (Å²) in [6.45, 7) is 1.18. The Morgan fingerprint density at radius 1 is 1.36 bits per heavy atom. The van der Waals surface area contributed by atoms with E-state index in [0.717, 1.165) is 10.4 Å². The lowest BCUT2D eigenvalue weighted by Gasteiger charge is -2.01. The summed E-state index contributed by atoms with van der Waals surface area (Å²) in [6.07, 6.45) is 6.52. The van der Waals surface area contributed by atoms with Crippen molar-refractivity contribution in [3.05, 3.63) is 21.3 Å². The van der Waals surface area contributed by atoms with Crippen LogP contribution in [0.15, 0.2) is 12.1 Å². The van der Waals surface area contributed by atoms with Gasteiger partial charge in [-0.1, -0.05) is 11.6 Å². The highest BCUT2D eigenvalue weighted by Crippen LogP contribution is 2.23. The van der Waals surface area contributed by atoms with Crippen molar-refractivity contribution in [3.63, 3.8) is 0 Å². The highest BCUT2D eigenvalue weighted by atomic mass is 35.5. The fraction of sp³-hybridized carbons (Fsp3) is 0.636. The largest absolute Gasteiger partial charge is 0.314 e. The number of halogens is 1. The number of unbranched alkanes of at least 4 members (excludes halogenated alkanes) is 1. The molecule has 0 radical (unpaired) electrons. The summed E-state index contributed by atoms with van der Waals surface area (Å²) in [5.41, 5.74) is 0. The Bertz CT molecular complexity index is 281. The summed E-state index contributed by atoms with van der Waals surface area (Å²) in [5.74, 6) is 0. The van der Waals surface area contributed by atoms with Crippen LogP contribution in [-0.4, -0.2) is 12.6 Å². The van der Waals surface area contributed by atoms with Crippen molar-refractivity contribution in [3.8, 4) is 0 Å². The molecular weight excluding hydrogens is 214 g/mol. The standard InChI is InChI=1S/C11H16ClNS/c12-11-7-6-10(14-11)3-1-2-8-13-9-4-5-9/h6-7,9,13H,1-5,8H2. The second kappa shape index (κ2) is 5.15. The zero-order valence-corrected chi connectivity index (χ0v) is 9.83. The average molecular weight is 230 g/mol. The van der Waals surface area contributed by atoms with E-state index in [-0.39, 0.29) is 0 Å². The first-order valence-electron chi connectivity index (χ1n) is 5.32. The molecule has 0 aromatic carbocycles. The molecule has 78 valence electrons. The summed E-state index contributed by atoms with van der Waals surface area (Å²) in [7, 11) is 0. The van der Waals surface area contributed by atoms with Crippen LogP contribution in [0.2, 0.25) is 4.34 Å². The molecule has 0 saturated heterocycles. The maximum Gasteiger partial charge on any atom is 0.0931 e. The second-order valence-corrected chi connectivity index (χ2v) is 5.69. The molecule has 0 atom stereocenters. The normalized spacial score (nSPS) is 16.1. The average Bonchev–Trinajstić information content (AvgIpc) is 2.89. The molecule has 0 aliphatic heterocycles. The van der Waals surface area contributed by atoms with Gasteiger partial charge in [0.25, 0.3) is 0 Å². The monoisotopic (exact) mass is 229 g/mol. The number of rotatable bonds is 6. The summed E-state index contributed by atoms with van der Waals surface area (Å²) >= 11 is 7.57. The molecule has 0 amide bonds. The predicted octanol–water partition coefficient (Wildman–Crippen LogP) is 3.48. The van der Waals surface area contributed by atoms with Gasteiger partial charge in [-0.25, -0.2) is 0 Å². The molecule has 0 unspecified atom stereocenters. The van der Waals surface area contributed by atoms with Gasteiger partial charge < -0.3 is 5.32 Å². The highest BCUT2D eigenvalue weighted by molar-refractivity contribution is 7.16. The SMILES string of the molecule is Clc1ccc(CCCCNC2CC2)s1. The lowest BCUT2D eigenvalue weighted by molar-refractivity contribution is 0.621. The molecule has 1 saturated carbocycles. The Hall–Kier alpha value is -0.0500. The maximum atomic E-state index is 5.86. The fourth-order valence-corrected chi connectivity index (χ4v) is 2.63. The molecule has 1 fully saturated rings. The van der Waals surface area contributed by atoms with E-state index in [1.165, 1.54) is 43.5 Å². The number of hydrogen-bond donors (Lipinski definition) is 1. The molecule has 1 aromatic heterocycles. The van der Waals surface area contributed by atoms with Crippen LogP contribution >= 0.6 is 22.9 Å². The molecule has 1 aliphatic rings. The summed E-state index contributed by atoms with van der Waals surface area (Å²) in [4.78, 5) is 1.42. The van der Waals surface area contributed by atoms with E-state index in [0.29, 0.717) is 0 Å². The van der Waals surface area contributed by atoms with E-state index < -0.39 is 0 Å². The summed E-state index contributed by atoms with van der Waals surface area (Å²) in [5, 5.41) is 3.53. The minimum atomic E-state index is 0.853. The van der Waals surface area contributed by atoms with Gasteiger partial charge in [0.05, 0.1) is 4.34 Å². The molecule has 1 aliphatic carbocycles. The molecule has 1 N–H and O–H groups in total. The van der Waals surface area contributed by atoms with Gasteiger partial charge in [-0.15, -0.1) is 11.3 Å². The summed E-state index contributed by atoms with van der Waals surface area (Å²) in [6, 6.07) is 4.98. The summed E-state index contributed by atoms with van der Waals surface area (Å²) < 4.78 is 0.913. The zero-order valence-electron chi connectivity index (χ0n) is 8.26. The zero-order chi connectivity index (χ0) is 9.80. The number of nitrogens with one attached hydrogen (secondary N) is 1. The van der Waals surface area contributed by atoms with Gasteiger partial charge in [-0.3, -0.25) is 0 Å². The molecule has 2 rings (SSSR count). The van der Waals surface area contributed by atoms with E-state index >= 15 is 0 Å². The van der Waals surface area contributed by atoms with Crippen molar-refractivity contribution in [1.29, 1.82) is 0 Å². The quantitative estimate of drug-likeness (QED) is 0.737. The van der Waals surface area contributed by atoms with Crippen molar-refractivity contribution in [2.24, 2.45) is 0 Å². The molecular formula is C11H16ClNS. The Morgan fingerprint density at radius 2 is 2.21 bits per heavy atom. The topological polar surface area (TPSA) is 12.0 Å². The van der Waals surface area contributed by atoms with Crippen molar-refractivity contribution in [2.75, 3.05) is 6.54 Å². The van der Waals surface area contributed by atoms with Crippen LogP contribution in [-0.2, 0) is 6.42 Å². The van der Waals surface area contributed by atoms with Gasteiger partial charge in [-0.05, 0) is 50.8 Å². The van der Waals surface area contributed by atoms with E-state index in [4.69, 9.17) is 11.6 Å². The first-order valence-corrected chi connectivity index (χ1v) is 6.51. The third-order valence-corrected chi connectivity index (χ3v) is 3.78. The number of thiophene rings is 1. The van der Waals surface area contributed by atoms with Crippen LogP contribution in [0.4, 0.5) is 0 Å². The van der Waals surface area contributed by atoms with Crippen molar-refractivity contribution < 1.29 is 0 Å². The molecule has 14 heavy (non-hydrogen) atoms. The van der Waals surface area contributed by atoms with Crippen molar-refractivity contribution >= 4 is 22.9 Å². The maximum absolute atomic E-state index is 5.86. The Morgan fingerprint density at radius 3 is 2.86 bits per heavy atom. The minimum absolute atomic E-state index is 0.853. The van der Waals surface area contributed by atoms with Crippen LogP contribution in [0.25, 0.3) is 0 Å². The molecule has 1 aromatic rings. The van der Waals surface area contributed by atoms with Gasteiger partial charge in [-0.2, -0.15) is 0 Å². The van der Waals surface area contributed by atoms with Crippen LogP contribution < -0.4 is 5.32 Å². The van der Waals surface area contributed by atoms with E-state index in [9.17, 15) is 0 Å². The van der Waals surface area contributed by atoms with Crippen LogP contribution in [0.5, 0.6) is 0 Å². The Kier molecular flexibility index (Phi) is 3.85. The van der Waals surface area contributed by atoms with Gasteiger partial charge in [0.2, 0.25) is 0 Å². The smallest absolute Gasteiger partial charge is 0.0931 e. The Balaban J connectivity index is 1.53. The highest BCUT2D eigenvalue weighted by Gasteiger charge is 2.19. The van der Waals surface area contributed by atoms with E-state index in [1.54, 1.807) is 11.3 Å². The first-order chi connectivity index (χ1) is 6.84. The predicted molar refractivity (Wildman–Crippen MR) is 63.3 cm³/mol. The number of aryl methyl sites for hydroxylation is 1. The van der Waals surface area contributed by atoms with Crippen LogP contribution in [0.3, 0.4) is 0 Å². The lowest BCUT2D eigenvalue weighted by Crippen LogP contribution is -2.17. The van der Waals surface area contributed by atoms with Gasteiger partial charge in [0.15, 0.2) is 0 Å². The fourth-order valence-electron chi connectivity index (χ4n) is 1.50. The second-order valence-electron chi connectivity index (χ2n) is 3.89. The van der Waals surface area contributed by atoms with Crippen LogP contribution in [0, 0.1) is 0 Å². The van der Waals surface area contributed by atoms with E-state index in [2.05, 4.69) is 11.4 Å². The van der Waals surface area contributed by atoms with Crippen molar-refractivity contribution in [2.45, 2.75) is 38.1 Å². The number of hydrogen-bond acceptors (Lipinski definition) is 2. The van der Waals surface area contributed by atoms with Crippen molar-refractivity contribution in [1.82, 2.24) is 5.32 Å². The molecule has 1 heterocycles.